The average molecular weight is 196 g/mol. The van der Waals surface area contributed by atoms with E-state index in [-0.39, 0.29) is 0 Å². The van der Waals surface area contributed by atoms with E-state index < -0.39 is 0 Å². The Kier molecular flexibility index (Phi) is 8.59. The minimum Gasteiger partial charge on any atom is -0.330 e. The van der Waals surface area contributed by atoms with Gasteiger partial charge in [-0.15, -0.1) is 13.2 Å². The molecule has 0 saturated carbocycles. The van der Waals surface area contributed by atoms with E-state index >= 15 is 0 Å². The Morgan fingerprint density at radius 1 is 1.29 bits per heavy atom. The first kappa shape index (κ1) is 13.4. The molecule has 82 valence electrons. The number of rotatable bonds is 9. The van der Waals surface area contributed by atoms with Gasteiger partial charge in [0.05, 0.1) is 0 Å². The predicted molar refractivity (Wildman–Crippen MR) is 64.3 cm³/mol. The van der Waals surface area contributed by atoms with Gasteiger partial charge >= 0.3 is 0 Å². The summed E-state index contributed by atoms with van der Waals surface area (Å²) < 4.78 is 0. The van der Waals surface area contributed by atoms with Crippen LogP contribution in [0.5, 0.6) is 0 Å². The van der Waals surface area contributed by atoms with Crippen molar-refractivity contribution in [3.63, 3.8) is 0 Å². The van der Waals surface area contributed by atoms with Crippen molar-refractivity contribution in [2.45, 2.75) is 19.8 Å². The van der Waals surface area contributed by atoms with E-state index in [2.05, 4.69) is 25.0 Å². The van der Waals surface area contributed by atoms with E-state index in [1.165, 1.54) is 6.42 Å². The van der Waals surface area contributed by atoms with Crippen LogP contribution < -0.4 is 5.73 Å². The summed E-state index contributed by atoms with van der Waals surface area (Å²) >= 11 is 0. The number of nitrogens with zero attached hydrogens (tertiary/aromatic N) is 1. The van der Waals surface area contributed by atoms with Crippen LogP contribution >= 0.6 is 0 Å². The van der Waals surface area contributed by atoms with E-state index in [1.807, 2.05) is 12.2 Å². The van der Waals surface area contributed by atoms with Gasteiger partial charge in [-0.1, -0.05) is 19.1 Å². The van der Waals surface area contributed by atoms with Gasteiger partial charge in [0, 0.05) is 19.6 Å². The maximum absolute atomic E-state index is 5.48. The quantitative estimate of drug-likeness (QED) is 0.572. The van der Waals surface area contributed by atoms with Gasteiger partial charge in [-0.3, -0.25) is 4.90 Å². The molecule has 1 atom stereocenters. The minimum absolute atomic E-state index is 0.707. The van der Waals surface area contributed by atoms with Crippen LogP contribution in [-0.2, 0) is 0 Å². The molecular formula is C12H24N2. The Morgan fingerprint density at radius 3 is 2.29 bits per heavy atom. The molecule has 0 rings (SSSR count). The zero-order valence-corrected chi connectivity index (χ0v) is 9.41. The second-order valence-electron chi connectivity index (χ2n) is 3.83. The molecule has 0 radical (unpaired) electrons. The molecule has 0 saturated heterocycles. The second-order valence-corrected chi connectivity index (χ2v) is 3.83. The first-order chi connectivity index (χ1) is 6.74. The molecular weight excluding hydrogens is 172 g/mol. The fourth-order valence-electron chi connectivity index (χ4n) is 1.59. The average Bonchev–Trinajstić information content (AvgIpc) is 2.15. The van der Waals surface area contributed by atoms with Gasteiger partial charge in [0.15, 0.2) is 0 Å². The fraction of sp³-hybridized carbons (Fsp3) is 0.667. The van der Waals surface area contributed by atoms with Crippen LogP contribution in [0, 0.1) is 5.92 Å². The molecule has 0 aliphatic heterocycles. The van der Waals surface area contributed by atoms with Gasteiger partial charge in [-0.2, -0.15) is 0 Å². The van der Waals surface area contributed by atoms with Gasteiger partial charge in [0.1, 0.15) is 0 Å². The SMILES string of the molecule is C=CCN(CC=C)CC(C)CCCN. The van der Waals surface area contributed by atoms with Crippen molar-refractivity contribution in [1.82, 2.24) is 4.90 Å². The van der Waals surface area contributed by atoms with Gasteiger partial charge in [0.25, 0.3) is 0 Å². The normalized spacial score (nSPS) is 12.8. The first-order valence-corrected chi connectivity index (χ1v) is 5.38. The van der Waals surface area contributed by atoms with Crippen LogP contribution in [0.4, 0.5) is 0 Å². The van der Waals surface area contributed by atoms with Crippen molar-refractivity contribution in [2.75, 3.05) is 26.2 Å². The Hall–Kier alpha value is -0.600. The number of hydrogen-bond donors (Lipinski definition) is 1. The second kappa shape index (κ2) is 8.97. The van der Waals surface area contributed by atoms with Gasteiger partial charge in [-0.25, -0.2) is 0 Å². The molecule has 1 unspecified atom stereocenters. The standard InChI is InChI=1S/C12H24N2/c1-4-9-14(10-5-2)11-12(3)7-6-8-13/h4-5,12H,1-2,6-11,13H2,3H3. The molecule has 0 bridgehead atoms. The third-order valence-corrected chi connectivity index (χ3v) is 2.25. The van der Waals surface area contributed by atoms with Gasteiger partial charge in [-0.05, 0) is 25.3 Å². The summed E-state index contributed by atoms with van der Waals surface area (Å²) in [5.74, 6) is 0.707. The maximum Gasteiger partial charge on any atom is 0.0164 e. The maximum atomic E-state index is 5.48. The minimum atomic E-state index is 0.707. The van der Waals surface area contributed by atoms with Crippen LogP contribution in [0.1, 0.15) is 19.8 Å². The number of nitrogens with two attached hydrogens (primary N) is 1. The summed E-state index contributed by atoms with van der Waals surface area (Å²) in [6.07, 6.45) is 6.22. The van der Waals surface area contributed by atoms with Crippen LogP contribution in [-0.4, -0.2) is 31.1 Å². The molecule has 2 heteroatoms. The molecule has 2 N–H and O–H groups in total. The molecule has 0 spiro atoms. The first-order valence-electron chi connectivity index (χ1n) is 5.38. The van der Waals surface area contributed by atoms with Gasteiger partial charge < -0.3 is 5.73 Å². The lowest BCUT2D eigenvalue weighted by atomic mass is 10.1. The largest absolute Gasteiger partial charge is 0.330 e. The summed E-state index contributed by atoms with van der Waals surface area (Å²) in [4.78, 5) is 2.35. The highest BCUT2D eigenvalue weighted by atomic mass is 15.1. The van der Waals surface area contributed by atoms with Crippen molar-refractivity contribution < 1.29 is 0 Å². The van der Waals surface area contributed by atoms with Crippen LogP contribution in [0.2, 0.25) is 0 Å². The monoisotopic (exact) mass is 196 g/mol. The molecule has 0 aliphatic rings. The van der Waals surface area contributed by atoms with Crippen molar-refractivity contribution in [3.05, 3.63) is 25.3 Å². The van der Waals surface area contributed by atoms with E-state index in [4.69, 9.17) is 5.73 Å². The Morgan fingerprint density at radius 2 is 1.86 bits per heavy atom. The molecule has 0 amide bonds. The molecule has 0 heterocycles. The molecule has 0 aliphatic carbocycles. The Bertz CT molecular complexity index is 144. The zero-order chi connectivity index (χ0) is 10.8. The topological polar surface area (TPSA) is 29.3 Å². The Balaban J connectivity index is 3.75. The molecule has 14 heavy (non-hydrogen) atoms. The van der Waals surface area contributed by atoms with Crippen LogP contribution in [0.3, 0.4) is 0 Å². The predicted octanol–water partition coefficient (Wildman–Crippen LogP) is 2.04. The lowest BCUT2D eigenvalue weighted by Crippen LogP contribution is -2.29. The molecule has 0 fully saturated rings. The third-order valence-electron chi connectivity index (χ3n) is 2.25. The van der Waals surface area contributed by atoms with Crippen LogP contribution in [0.15, 0.2) is 25.3 Å². The summed E-state index contributed by atoms with van der Waals surface area (Å²) in [5.41, 5.74) is 5.48. The summed E-state index contributed by atoms with van der Waals surface area (Å²) in [6.45, 7) is 13.6. The summed E-state index contributed by atoms with van der Waals surface area (Å²) in [6, 6.07) is 0. The number of hydrogen-bond acceptors (Lipinski definition) is 2. The lowest BCUT2D eigenvalue weighted by molar-refractivity contribution is 0.276. The third kappa shape index (κ3) is 6.87. The summed E-state index contributed by atoms with van der Waals surface area (Å²) in [5, 5.41) is 0. The van der Waals surface area contributed by atoms with Crippen molar-refractivity contribution in [2.24, 2.45) is 11.7 Å². The van der Waals surface area contributed by atoms with E-state index in [1.54, 1.807) is 0 Å². The highest BCUT2D eigenvalue weighted by Crippen LogP contribution is 2.07. The van der Waals surface area contributed by atoms with E-state index in [0.717, 1.165) is 32.6 Å². The lowest BCUT2D eigenvalue weighted by Gasteiger charge is -2.22. The highest BCUT2D eigenvalue weighted by Gasteiger charge is 2.06. The van der Waals surface area contributed by atoms with Crippen LogP contribution in [0.25, 0.3) is 0 Å². The van der Waals surface area contributed by atoms with E-state index in [9.17, 15) is 0 Å². The van der Waals surface area contributed by atoms with Crippen molar-refractivity contribution in [1.29, 1.82) is 0 Å². The molecule has 2 nitrogen and oxygen atoms in total. The van der Waals surface area contributed by atoms with Crippen molar-refractivity contribution >= 4 is 0 Å². The smallest absolute Gasteiger partial charge is 0.0164 e. The van der Waals surface area contributed by atoms with Gasteiger partial charge in [0.2, 0.25) is 0 Å². The fourth-order valence-corrected chi connectivity index (χ4v) is 1.59. The molecule has 0 aromatic heterocycles. The zero-order valence-electron chi connectivity index (χ0n) is 9.41. The highest BCUT2D eigenvalue weighted by molar-refractivity contribution is 4.80. The van der Waals surface area contributed by atoms with E-state index in [0.29, 0.717) is 5.92 Å². The summed E-state index contributed by atoms with van der Waals surface area (Å²) in [7, 11) is 0. The van der Waals surface area contributed by atoms with Crippen molar-refractivity contribution in [3.8, 4) is 0 Å². The molecule has 0 aromatic rings. The molecule has 0 aromatic carbocycles. The Labute approximate surface area is 88.5 Å².